The molecule has 0 N–H and O–H groups in total. The van der Waals surface area contributed by atoms with Crippen molar-refractivity contribution in [2.45, 2.75) is 25.3 Å². The smallest absolute Gasteiger partial charge is 0.339 e. The first-order valence-corrected chi connectivity index (χ1v) is 11.9. The zero-order valence-electron chi connectivity index (χ0n) is 18.0. The first-order valence-electron chi connectivity index (χ1n) is 10.1. The van der Waals surface area contributed by atoms with Crippen molar-refractivity contribution < 1.29 is 26.2 Å². The number of carbonyl (C=O) groups is 1. The lowest BCUT2D eigenvalue weighted by Crippen LogP contribution is -2.34. The van der Waals surface area contributed by atoms with Crippen molar-refractivity contribution >= 4 is 27.6 Å². The topological polar surface area (TPSA) is 63.7 Å². The summed E-state index contributed by atoms with van der Waals surface area (Å²) in [5.74, 6) is -1.78. The van der Waals surface area contributed by atoms with Gasteiger partial charge in [-0.05, 0) is 60.5 Å². The highest BCUT2D eigenvalue weighted by Gasteiger charge is 2.24. The maximum absolute atomic E-state index is 14.3. The largest absolute Gasteiger partial charge is 0.379 e. The number of halogens is 3. The third kappa shape index (κ3) is 6.30. The van der Waals surface area contributed by atoms with E-state index in [-0.39, 0.29) is 35.2 Å². The predicted octanol–water partition coefficient (Wildman–Crippen LogP) is 5.68. The van der Waals surface area contributed by atoms with Crippen LogP contribution >= 0.6 is 11.6 Å². The van der Waals surface area contributed by atoms with E-state index >= 15 is 0 Å². The van der Waals surface area contributed by atoms with Gasteiger partial charge in [0.15, 0.2) is 0 Å². The SMILES string of the molecule is CC(C)CN(Cc1cc(Cl)ccc1OS(=O)(=O)c1ccc(F)cc1)C(=O)c1ccccc1F. The van der Waals surface area contributed by atoms with Gasteiger partial charge in [0, 0.05) is 23.7 Å². The third-order valence-corrected chi connectivity index (χ3v) is 6.15. The molecule has 0 heterocycles. The average molecular weight is 494 g/mol. The molecule has 0 fully saturated rings. The van der Waals surface area contributed by atoms with Crippen LogP contribution in [-0.4, -0.2) is 25.8 Å². The normalized spacial score (nSPS) is 11.5. The second-order valence-corrected chi connectivity index (χ2v) is 9.79. The van der Waals surface area contributed by atoms with E-state index in [2.05, 4.69) is 0 Å². The molecule has 0 aliphatic carbocycles. The lowest BCUT2D eigenvalue weighted by molar-refractivity contribution is 0.0717. The number of carbonyl (C=O) groups excluding carboxylic acids is 1. The zero-order valence-corrected chi connectivity index (χ0v) is 19.5. The van der Waals surface area contributed by atoms with E-state index in [0.29, 0.717) is 10.6 Å². The van der Waals surface area contributed by atoms with Crippen LogP contribution in [0.25, 0.3) is 0 Å². The zero-order chi connectivity index (χ0) is 24.2. The van der Waals surface area contributed by atoms with Gasteiger partial charge in [-0.2, -0.15) is 8.42 Å². The number of nitrogens with zero attached hydrogens (tertiary/aromatic N) is 1. The van der Waals surface area contributed by atoms with Crippen molar-refractivity contribution in [3.8, 4) is 5.75 Å². The van der Waals surface area contributed by atoms with Gasteiger partial charge in [0.05, 0.1) is 5.56 Å². The molecule has 9 heteroatoms. The van der Waals surface area contributed by atoms with E-state index in [4.69, 9.17) is 15.8 Å². The van der Waals surface area contributed by atoms with Crippen LogP contribution in [0.5, 0.6) is 5.75 Å². The van der Waals surface area contributed by atoms with Crippen LogP contribution in [-0.2, 0) is 16.7 Å². The molecular formula is C24H22ClF2NO4S. The molecule has 3 rings (SSSR count). The monoisotopic (exact) mass is 493 g/mol. The second-order valence-electron chi connectivity index (χ2n) is 7.80. The molecule has 0 atom stereocenters. The first kappa shape index (κ1) is 24.7. The highest BCUT2D eigenvalue weighted by Crippen LogP contribution is 2.28. The Balaban J connectivity index is 1.95. The van der Waals surface area contributed by atoms with Gasteiger partial charge in [-0.15, -0.1) is 0 Å². The molecule has 3 aromatic rings. The second kappa shape index (κ2) is 10.3. The van der Waals surface area contributed by atoms with Gasteiger partial charge in [0.2, 0.25) is 0 Å². The summed E-state index contributed by atoms with van der Waals surface area (Å²) < 4.78 is 58.2. The van der Waals surface area contributed by atoms with Gasteiger partial charge in [-0.25, -0.2) is 8.78 Å². The van der Waals surface area contributed by atoms with Crippen LogP contribution in [0.2, 0.25) is 5.02 Å². The van der Waals surface area contributed by atoms with Crippen molar-refractivity contribution in [1.82, 2.24) is 4.90 Å². The Kier molecular flexibility index (Phi) is 7.71. The lowest BCUT2D eigenvalue weighted by atomic mass is 10.1. The average Bonchev–Trinajstić information content (AvgIpc) is 2.75. The van der Waals surface area contributed by atoms with E-state index in [1.807, 2.05) is 13.8 Å². The van der Waals surface area contributed by atoms with Crippen LogP contribution < -0.4 is 4.18 Å². The lowest BCUT2D eigenvalue weighted by Gasteiger charge is -2.26. The molecule has 5 nitrogen and oxygen atoms in total. The van der Waals surface area contributed by atoms with Gasteiger partial charge < -0.3 is 9.08 Å². The fourth-order valence-electron chi connectivity index (χ4n) is 3.19. The summed E-state index contributed by atoms with van der Waals surface area (Å²) in [6, 6.07) is 14.1. The van der Waals surface area contributed by atoms with E-state index in [1.165, 1.54) is 41.3 Å². The standard InChI is InChI=1S/C24H22ClF2NO4S/c1-16(2)14-28(24(29)21-5-3-4-6-22(21)27)15-17-13-18(25)7-12-23(17)32-33(30,31)20-10-8-19(26)9-11-20/h3-13,16H,14-15H2,1-2H3. The van der Waals surface area contributed by atoms with Crippen molar-refractivity contribution in [1.29, 1.82) is 0 Å². The summed E-state index contributed by atoms with van der Waals surface area (Å²) in [6.07, 6.45) is 0. The quantitative estimate of drug-likeness (QED) is 0.378. The summed E-state index contributed by atoms with van der Waals surface area (Å²) in [5.41, 5.74) is 0.222. The van der Waals surface area contributed by atoms with Crippen molar-refractivity contribution in [3.05, 3.63) is 94.5 Å². The summed E-state index contributed by atoms with van der Waals surface area (Å²) in [4.78, 5) is 14.3. The van der Waals surface area contributed by atoms with Crippen LogP contribution in [0.1, 0.15) is 29.8 Å². The molecule has 1 amide bonds. The highest BCUT2D eigenvalue weighted by molar-refractivity contribution is 7.87. The summed E-state index contributed by atoms with van der Waals surface area (Å²) >= 11 is 6.12. The summed E-state index contributed by atoms with van der Waals surface area (Å²) in [6.45, 7) is 4.01. The molecule has 0 spiro atoms. The number of benzene rings is 3. The molecule has 0 aromatic heterocycles. The molecule has 3 aromatic carbocycles. The van der Waals surface area contributed by atoms with Gasteiger partial charge >= 0.3 is 10.1 Å². The molecule has 0 saturated heterocycles. The number of rotatable bonds is 8. The molecule has 0 aliphatic rings. The Labute approximate surface area is 196 Å². The third-order valence-electron chi connectivity index (χ3n) is 4.66. The maximum atomic E-state index is 14.3. The van der Waals surface area contributed by atoms with E-state index in [1.54, 1.807) is 6.07 Å². The molecule has 0 saturated carbocycles. The minimum Gasteiger partial charge on any atom is -0.379 e. The number of amides is 1. The predicted molar refractivity (Wildman–Crippen MR) is 122 cm³/mol. The van der Waals surface area contributed by atoms with Crippen LogP contribution in [0, 0.1) is 17.6 Å². The van der Waals surface area contributed by atoms with Gasteiger partial charge in [-0.3, -0.25) is 4.79 Å². The fraction of sp³-hybridized carbons (Fsp3) is 0.208. The Morgan fingerprint density at radius 2 is 1.70 bits per heavy atom. The van der Waals surface area contributed by atoms with Crippen molar-refractivity contribution in [3.63, 3.8) is 0 Å². The minimum absolute atomic E-state index is 0.0428. The highest BCUT2D eigenvalue weighted by atomic mass is 35.5. The van der Waals surface area contributed by atoms with Crippen LogP contribution in [0.3, 0.4) is 0 Å². The molecule has 33 heavy (non-hydrogen) atoms. The van der Waals surface area contributed by atoms with Crippen molar-refractivity contribution in [2.75, 3.05) is 6.54 Å². The van der Waals surface area contributed by atoms with E-state index in [9.17, 15) is 22.0 Å². The summed E-state index contributed by atoms with van der Waals surface area (Å²) in [5, 5.41) is 0.305. The van der Waals surface area contributed by atoms with Gasteiger partial charge in [0.25, 0.3) is 5.91 Å². The van der Waals surface area contributed by atoms with Crippen LogP contribution in [0.15, 0.2) is 71.6 Å². The molecule has 174 valence electrons. The van der Waals surface area contributed by atoms with E-state index in [0.717, 1.165) is 24.3 Å². The minimum atomic E-state index is -4.28. The van der Waals surface area contributed by atoms with Gasteiger partial charge in [-0.1, -0.05) is 37.6 Å². The molecule has 0 bridgehead atoms. The molecular weight excluding hydrogens is 472 g/mol. The van der Waals surface area contributed by atoms with Crippen LogP contribution in [0.4, 0.5) is 8.78 Å². The number of hydrogen-bond donors (Lipinski definition) is 0. The molecule has 0 radical (unpaired) electrons. The maximum Gasteiger partial charge on any atom is 0.339 e. The first-order chi connectivity index (χ1) is 15.6. The Bertz CT molecular complexity index is 1250. The Morgan fingerprint density at radius 3 is 2.33 bits per heavy atom. The Morgan fingerprint density at radius 1 is 1.03 bits per heavy atom. The fourth-order valence-corrected chi connectivity index (χ4v) is 4.35. The van der Waals surface area contributed by atoms with Gasteiger partial charge in [0.1, 0.15) is 22.3 Å². The van der Waals surface area contributed by atoms with Crippen molar-refractivity contribution in [2.24, 2.45) is 5.92 Å². The molecule has 0 unspecified atom stereocenters. The Hall–Kier alpha value is -2.97. The summed E-state index contributed by atoms with van der Waals surface area (Å²) in [7, 11) is -4.28. The molecule has 0 aliphatic heterocycles. The number of hydrogen-bond acceptors (Lipinski definition) is 4. The van der Waals surface area contributed by atoms with E-state index < -0.39 is 27.7 Å².